The van der Waals surface area contributed by atoms with E-state index in [-0.39, 0.29) is 21.9 Å². The van der Waals surface area contributed by atoms with Crippen LogP contribution in [0.3, 0.4) is 0 Å². The standard InChI is InChI=1S/C19H24N4O6S2/c24-18(22-6-2-1-3-7-22)17-21-20-16(29-17)14-12-15(30-13-14)31(25,26)23-8-4-19(5-9-23)27-10-11-28-19/h12-13H,1-11H2. The molecule has 0 saturated carbocycles. The third-order valence-corrected chi connectivity index (χ3v) is 9.28. The fourth-order valence-corrected chi connectivity index (χ4v) is 6.95. The summed E-state index contributed by atoms with van der Waals surface area (Å²) in [6.45, 7) is 3.14. The van der Waals surface area contributed by atoms with E-state index >= 15 is 0 Å². The molecule has 0 aromatic carbocycles. The molecule has 168 valence electrons. The number of hydrogen-bond donors (Lipinski definition) is 0. The van der Waals surface area contributed by atoms with Crippen molar-refractivity contribution in [2.24, 2.45) is 0 Å². The van der Waals surface area contributed by atoms with Gasteiger partial charge < -0.3 is 18.8 Å². The Balaban J connectivity index is 1.28. The van der Waals surface area contributed by atoms with Crippen LogP contribution in [0.1, 0.15) is 42.8 Å². The number of thiophene rings is 1. The van der Waals surface area contributed by atoms with Gasteiger partial charge in [0.15, 0.2) is 5.79 Å². The zero-order chi connectivity index (χ0) is 21.5. The lowest BCUT2D eigenvalue weighted by molar-refractivity contribution is -0.179. The lowest BCUT2D eigenvalue weighted by Crippen LogP contribution is -2.47. The van der Waals surface area contributed by atoms with E-state index in [1.165, 1.54) is 10.4 Å². The van der Waals surface area contributed by atoms with Gasteiger partial charge in [0.2, 0.25) is 5.89 Å². The molecule has 3 aliphatic rings. The highest BCUT2D eigenvalue weighted by Gasteiger charge is 2.43. The van der Waals surface area contributed by atoms with Crippen molar-refractivity contribution in [1.29, 1.82) is 0 Å². The van der Waals surface area contributed by atoms with E-state index in [1.54, 1.807) is 10.3 Å². The first kappa shape index (κ1) is 21.0. The number of aromatic nitrogens is 2. The number of ether oxygens (including phenoxy) is 2. The molecule has 2 aromatic rings. The zero-order valence-corrected chi connectivity index (χ0v) is 18.6. The second kappa shape index (κ2) is 8.24. The molecule has 0 unspecified atom stereocenters. The highest BCUT2D eigenvalue weighted by molar-refractivity contribution is 7.91. The van der Waals surface area contributed by atoms with Gasteiger partial charge in [0.25, 0.3) is 10.0 Å². The molecule has 3 aliphatic heterocycles. The maximum atomic E-state index is 13.1. The molecule has 0 bridgehead atoms. The summed E-state index contributed by atoms with van der Waals surface area (Å²) in [6.07, 6.45) is 4.07. The Morgan fingerprint density at radius 2 is 1.74 bits per heavy atom. The van der Waals surface area contributed by atoms with Crippen molar-refractivity contribution in [3.8, 4) is 11.5 Å². The van der Waals surface area contributed by atoms with Crippen LogP contribution in [-0.4, -0.2) is 78.9 Å². The lowest BCUT2D eigenvalue weighted by atomic mass is 10.1. The minimum absolute atomic E-state index is 0.0644. The summed E-state index contributed by atoms with van der Waals surface area (Å²) >= 11 is 1.10. The van der Waals surface area contributed by atoms with Gasteiger partial charge in [-0.05, 0) is 25.3 Å². The molecular weight excluding hydrogens is 444 g/mol. The molecule has 3 saturated heterocycles. The van der Waals surface area contributed by atoms with Gasteiger partial charge in [-0.3, -0.25) is 4.79 Å². The third kappa shape index (κ3) is 4.02. The van der Waals surface area contributed by atoms with Gasteiger partial charge in [-0.2, -0.15) is 4.31 Å². The topological polar surface area (TPSA) is 115 Å². The predicted molar refractivity (Wildman–Crippen MR) is 110 cm³/mol. The van der Waals surface area contributed by atoms with E-state index in [2.05, 4.69) is 10.2 Å². The average molecular weight is 469 g/mol. The fourth-order valence-electron chi connectivity index (χ4n) is 4.20. The number of piperidine rings is 2. The number of sulfonamides is 1. The molecule has 0 aliphatic carbocycles. The van der Waals surface area contributed by atoms with Crippen LogP contribution in [-0.2, 0) is 19.5 Å². The van der Waals surface area contributed by atoms with Crippen molar-refractivity contribution in [3.05, 3.63) is 17.3 Å². The smallest absolute Gasteiger partial charge is 0.311 e. The molecule has 10 nitrogen and oxygen atoms in total. The molecule has 1 amide bonds. The van der Waals surface area contributed by atoms with E-state index in [0.29, 0.717) is 57.8 Å². The monoisotopic (exact) mass is 468 g/mol. The number of carbonyl (C=O) groups is 1. The van der Waals surface area contributed by atoms with Crippen LogP contribution in [0.2, 0.25) is 0 Å². The quantitative estimate of drug-likeness (QED) is 0.669. The maximum absolute atomic E-state index is 13.1. The van der Waals surface area contributed by atoms with Crippen LogP contribution >= 0.6 is 11.3 Å². The first-order valence-corrected chi connectivity index (χ1v) is 12.8. The molecular formula is C19H24N4O6S2. The zero-order valence-electron chi connectivity index (χ0n) is 17.0. The van der Waals surface area contributed by atoms with Gasteiger partial charge in [-0.1, -0.05) is 0 Å². The van der Waals surface area contributed by atoms with Crippen LogP contribution in [0.25, 0.3) is 11.5 Å². The Morgan fingerprint density at radius 3 is 2.45 bits per heavy atom. The summed E-state index contributed by atoms with van der Waals surface area (Å²) in [5, 5.41) is 9.50. The summed E-state index contributed by atoms with van der Waals surface area (Å²) in [4.78, 5) is 14.2. The number of carbonyl (C=O) groups excluding carboxylic acids is 1. The number of rotatable bonds is 4. The average Bonchev–Trinajstić information content (AvgIpc) is 3.55. The van der Waals surface area contributed by atoms with Crippen LogP contribution in [0, 0.1) is 0 Å². The van der Waals surface area contributed by atoms with Crippen molar-refractivity contribution in [1.82, 2.24) is 19.4 Å². The molecule has 0 radical (unpaired) electrons. The summed E-state index contributed by atoms with van der Waals surface area (Å²) in [6, 6.07) is 1.52. The number of hydrogen-bond acceptors (Lipinski definition) is 9. The van der Waals surface area contributed by atoms with Gasteiger partial charge in [0, 0.05) is 44.4 Å². The van der Waals surface area contributed by atoms with Crippen LogP contribution < -0.4 is 0 Å². The summed E-state index contributed by atoms with van der Waals surface area (Å²) in [5.74, 6) is -0.831. The lowest BCUT2D eigenvalue weighted by Gasteiger charge is -2.36. The second-order valence-electron chi connectivity index (χ2n) is 7.93. The Hall–Kier alpha value is -1.86. The summed E-state index contributed by atoms with van der Waals surface area (Å²) in [5.41, 5.74) is 0.490. The molecule has 5 rings (SSSR count). The van der Waals surface area contributed by atoms with Gasteiger partial charge in [-0.25, -0.2) is 8.42 Å². The third-order valence-electron chi connectivity index (χ3n) is 5.97. The number of nitrogens with zero attached hydrogens (tertiary/aromatic N) is 4. The van der Waals surface area contributed by atoms with Gasteiger partial charge in [0.1, 0.15) is 4.21 Å². The van der Waals surface area contributed by atoms with Gasteiger partial charge in [0.05, 0.1) is 18.8 Å². The number of amides is 1. The van der Waals surface area contributed by atoms with E-state index in [1.807, 2.05) is 0 Å². The summed E-state index contributed by atoms with van der Waals surface area (Å²) in [7, 11) is -3.65. The normalized spacial score (nSPS) is 22.3. The number of likely N-dealkylation sites (tertiary alicyclic amines) is 1. The Labute approximate surface area is 184 Å². The molecule has 12 heteroatoms. The molecule has 5 heterocycles. The molecule has 2 aromatic heterocycles. The van der Waals surface area contributed by atoms with Crippen molar-refractivity contribution in [2.45, 2.75) is 42.1 Å². The van der Waals surface area contributed by atoms with Crippen molar-refractivity contribution in [2.75, 3.05) is 39.4 Å². The van der Waals surface area contributed by atoms with Crippen LogP contribution in [0.15, 0.2) is 20.1 Å². The minimum atomic E-state index is -3.65. The Kier molecular flexibility index (Phi) is 5.59. The van der Waals surface area contributed by atoms with E-state index in [4.69, 9.17) is 13.9 Å². The molecule has 31 heavy (non-hydrogen) atoms. The molecule has 0 atom stereocenters. The van der Waals surface area contributed by atoms with E-state index in [9.17, 15) is 13.2 Å². The fraction of sp³-hybridized carbons (Fsp3) is 0.632. The molecule has 3 fully saturated rings. The molecule has 0 N–H and O–H groups in total. The van der Waals surface area contributed by atoms with Crippen molar-refractivity contribution in [3.63, 3.8) is 0 Å². The first-order chi connectivity index (χ1) is 15.0. The van der Waals surface area contributed by atoms with Gasteiger partial charge in [-0.15, -0.1) is 21.5 Å². The SMILES string of the molecule is O=C(c1nnc(-c2csc(S(=O)(=O)N3CCC4(CC3)OCCO4)c2)o1)N1CCCCC1. The predicted octanol–water partition coefficient (Wildman–Crippen LogP) is 1.95. The molecule has 1 spiro atoms. The Bertz CT molecular complexity index is 1040. The van der Waals surface area contributed by atoms with Crippen LogP contribution in [0.4, 0.5) is 0 Å². The Morgan fingerprint density at radius 1 is 1.03 bits per heavy atom. The highest BCUT2D eigenvalue weighted by atomic mass is 32.2. The van der Waals surface area contributed by atoms with E-state index in [0.717, 1.165) is 30.6 Å². The van der Waals surface area contributed by atoms with Crippen molar-refractivity contribution >= 4 is 27.3 Å². The van der Waals surface area contributed by atoms with Crippen LogP contribution in [0.5, 0.6) is 0 Å². The van der Waals surface area contributed by atoms with Crippen molar-refractivity contribution < 1.29 is 27.1 Å². The second-order valence-corrected chi connectivity index (χ2v) is 11.0. The first-order valence-electron chi connectivity index (χ1n) is 10.5. The maximum Gasteiger partial charge on any atom is 0.311 e. The van der Waals surface area contributed by atoms with E-state index < -0.39 is 15.8 Å². The largest absolute Gasteiger partial charge is 0.412 e. The highest BCUT2D eigenvalue weighted by Crippen LogP contribution is 2.35. The van der Waals surface area contributed by atoms with Gasteiger partial charge >= 0.3 is 11.8 Å². The summed E-state index contributed by atoms with van der Waals surface area (Å²) < 4.78 is 44.7. The minimum Gasteiger partial charge on any atom is -0.412 e.